The van der Waals surface area contributed by atoms with Crippen LogP contribution in [-0.2, 0) is 0 Å². The fraction of sp³-hybridized carbons (Fsp3) is 0.750. The third-order valence-corrected chi connectivity index (χ3v) is 2.29. The van der Waals surface area contributed by atoms with Gasteiger partial charge in [-0.1, -0.05) is 0 Å². The molecule has 1 aromatic rings. The lowest BCUT2D eigenvalue weighted by Gasteiger charge is -2.12. The molecule has 0 amide bonds. The van der Waals surface area contributed by atoms with Gasteiger partial charge in [0.15, 0.2) is 0 Å². The average molecular weight is 181 g/mol. The minimum atomic E-state index is 0.821. The number of nitrogens with zero attached hydrogens (tertiary/aromatic N) is 4. The van der Waals surface area contributed by atoms with Gasteiger partial charge in [0.2, 0.25) is 11.9 Å². The first-order valence-corrected chi connectivity index (χ1v) is 4.62. The normalized spacial score (nSPS) is 16.6. The van der Waals surface area contributed by atoms with Gasteiger partial charge in [0.25, 0.3) is 0 Å². The van der Waals surface area contributed by atoms with Crippen LogP contribution >= 0.6 is 0 Å². The van der Waals surface area contributed by atoms with Crippen LogP contribution < -0.4 is 9.80 Å². The zero-order valence-electron chi connectivity index (χ0n) is 8.12. The molecule has 0 bridgehead atoms. The molecule has 1 aliphatic heterocycles. The van der Waals surface area contributed by atoms with Crippen LogP contribution in [0.1, 0.15) is 12.8 Å². The van der Waals surface area contributed by atoms with E-state index in [0.29, 0.717) is 0 Å². The highest BCUT2D eigenvalue weighted by Crippen LogP contribution is 2.16. The van der Waals surface area contributed by atoms with Crippen molar-refractivity contribution in [3.8, 4) is 0 Å². The Hall–Kier alpha value is -1.26. The van der Waals surface area contributed by atoms with Crippen molar-refractivity contribution >= 4 is 11.9 Å². The number of aromatic amines is 1. The van der Waals surface area contributed by atoms with Crippen molar-refractivity contribution in [2.75, 3.05) is 37.0 Å². The quantitative estimate of drug-likeness (QED) is 0.720. The molecule has 0 aliphatic carbocycles. The molecule has 13 heavy (non-hydrogen) atoms. The monoisotopic (exact) mass is 181 g/mol. The average Bonchev–Trinajstić information content (AvgIpc) is 2.75. The number of hydrogen-bond acceptors (Lipinski definition) is 4. The molecular formula is C8H15N5. The molecule has 5 nitrogen and oxygen atoms in total. The minimum absolute atomic E-state index is 0.821. The van der Waals surface area contributed by atoms with E-state index in [-0.39, 0.29) is 0 Å². The van der Waals surface area contributed by atoms with Crippen molar-refractivity contribution in [2.45, 2.75) is 12.8 Å². The topological polar surface area (TPSA) is 48.1 Å². The Bertz CT molecular complexity index is 274. The lowest BCUT2D eigenvalue weighted by molar-refractivity contribution is 0.903. The first-order chi connectivity index (χ1) is 6.27. The van der Waals surface area contributed by atoms with Gasteiger partial charge in [0.1, 0.15) is 0 Å². The van der Waals surface area contributed by atoms with E-state index in [9.17, 15) is 0 Å². The minimum Gasteiger partial charge on any atom is -0.347 e. The highest BCUT2D eigenvalue weighted by Gasteiger charge is 2.16. The van der Waals surface area contributed by atoms with Crippen LogP contribution in [0.4, 0.5) is 11.9 Å². The number of anilines is 2. The van der Waals surface area contributed by atoms with Gasteiger partial charge in [0, 0.05) is 27.2 Å². The summed E-state index contributed by atoms with van der Waals surface area (Å²) < 4.78 is 0. The molecule has 0 spiro atoms. The second-order valence-corrected chi connectivity index (χ2v) is 3.56. The smallest absolute Gasteiger partial charge is 0.226 e. The number of aromatic nitrogens is 3. The molecule has 1 aromatic heterocycles. The zero-order chi connectivity index (χ0) is 9.26. The van der Waals surface area contributed by atoms with Gasteiger partial charge >= 0.3 is 0 Å². The number of H-pyrrole nitrogens is 1. The first-order valence-electron chi connectivity index (χ1n) is 4.62. The van der Waals surface area contributed by atoms with Crippen molar-refractivity contribution in [3.05, 3.63) is 0 Å². The third-order valence-electron chi connectivity index (χ3n) is 2.29. The van der Waals surface area contributed by atoms with Crippen molar-refractivity contribution in [3.63, 3.8) is 0 Å². The van der Waals surface area contributed by atoms with Crippen molar-refractivity contribution in [2.24, 2.45) is 0 Å². The summed E-state index contributed by atoms with van der Waals surface area (Å²) in [5.74, 6) is 1.73. The predicted molar refractivity (Wildman–Crippen MR) is 52.2 cm³/mol. The Morgan fingerprint density at radius 1 is 1.23 bits per heavy atom. The van der Waals surface area contributed by atoms with E-state index >= 15 is 0 Å². The number of hydrogen-bond donors (Lipinski definition) is 1. The molecule has 1 fully saturated rings. The van der Waals surface area contributed by atoms with Crippen LogP contribution in [0.5, 0.6) is 0 Å². The summed E-state index contributed by atoms with van der Waals surface area (Å²) in [6.07, 6.45) is 2.52. The summed E-state index contributed by atoms with van der Waals surface area (Å²) in [6, 6.07) is 0. The van der Waals surface area contributed by atoms with Crippen LogP contribution in [0.3, 0.4) is 0 Å². The Morgan fingerprint density at radius 2 is 1.92 bits per heavy atom. The SMILES string of the molecule is CN(C)c1nnc(N2CCCC2)[nH]1. The van der Waals surface area contributed by atoms with E-state index < -0.39 is 0 Å². The number of nitrogens with one attached hydrogen (secondary N) is 1. The summed E-state index contributed by atoms with van der Waals surface area (Å²) in [6.45, 7) is 2.20. The lowest BCUT2D eigenvalue weighted by atomic mass is 10.4. The maximum Gasteiger partial charge on any atom is 0.226 e. The fourth-order valence-electron chi connectivity index (χ4n) is 1.52. The fourth-order valence-corrected chi connectivity index (χ4v) is 1.52. The van der Waals surface area contributed by atoms with Gasteiger partial charge in [-0.25, -0.2) is 0 Å². The maximum atomic E-state index is 4.10. The Balaban J connectivity index is 2.12. The molecule has 2 heterocycles. The van der Waals surface area contributed by atoms with Crippen molar-refractivity contribution in [1.29, 1.82) is 0 Å². The van der Waals surface area contributed by atoms with Gasteiger partial charge in [-0.2, -0.15) is 0 Å². The lowest BCUT2D eigenvalue weighted by Crippen LogP contribution is -2.19. The molecule has 1 aliphatic rings. The Kier molecular flexibility index (Phi) is 2.08. The summed E-state index contributed by atoms with van der Waals surface area (Å²) in [7, 11) is 3.91. The van der Waals surface area contributed by atoms with Gasteiger partial charge < -0.3 is 9.80 Å². The second-order valence-electron chi connectivity index (χ2n) is 3.56. The summed E-state index contributed by atoms with van der Waals surface area (Å²) >= 11 is 0. The van der Waals surface area contributed by atoms with Crippen LogP contribution in [-0.4, -0.2) is 42.4 Å². The summed E-state index contributed by atoms with van der Waals surface area (Å²) in [5.41, 5.74) is 0. The number of rotatable bonds is 2. The van der Waals surface area contributed by atoms with Crippen LogP contribution in [0.2, 0.25) is 0 Å². The summed E-state index contributed by atoms with van der Waals surface area (Å²) in [5, 5.41) is 8.14. The molecule has 0 radical (unpaired) electrons. The Morgan fingerprint density at radius 3 is 2.46 bits per heavy atom. The molecule has 1 saturated heterocycles. The third kappa shape index (κ3) is 1.59. The van der Waals surface area contributed by atoms with E-state index in [4.69, 9.17) is 0 Å². The Labute approximate surface area is 77.8 Å². The van der Waals surface area contributed by atoms with Gasteiger partial charge in [-0.05, 0) is 12.8 Å². The molecule has 5 heteroatoms. The molecule has 2 rings (SSSR count). The molecular weight excluding hydrogens is 166 g/mol. The van der Waals surface area contributed by atoms with E-state index in [1.165, 1.54) is 12.8 Å². The van der Waals surface area contributed by atoms with Crippen LogP contribution in [0, 0.1) is 0 Å². The zero-order valence-corrected chi connectivity index (χ0v) is 8.12. The molecule has 0 saturated carbocycles. The van der Waals surface area contributed by atoms with Crippen molar-refractivity contribution < 1.29 is 0 Å². The molecule has 0 unspecified atom stereocenters. The molecule has 0 aromatic carbocycles. The van der Waals surface area contributed by atoms with Gasteiger partial charge in [0.05, 0.1) is 0 Å². The first kappa shape index (κ1) is 8.34. The van der Waals surface area contributed by atoms with E-state index in [2.05, 4.69) is 20.1 Å². The van der Waals surface area contributed by atoms with E-state index in [1.54, 1.807) is 0 Å². The largest absolute Gasteiger partial charge is 0.347 e. The van der Waals surface area contributed by atoms with E-state index in [1.807, 2.05) is 19.0 Å². The standard InChI is InChI=1S/C8H15N5/c1-12(2)7-9-8(11-10-7)13-5-3-4-6-13/h3-6H2,1-2H3,(H,9,10,11). The highest BCUT2D eigenvalue weighted by molar-refractivity contribution is 5.38. The van der Waals surface area contributed by atoms with Crippen molar-refractivity contribution in [1.82, 2.24) is 15.2 Å². The molecule has 72 valence electrons. The van der Waals surface area contributed by atoms with E-state index in [0.717, 1.165) is 25.0 Å². The van der Waals surface area contributed by atoms with Gasteiger partial charge in [-0.15, -0.1) is 10.2 Å². The predicted octanol–water partition coefficient (Wildman–Crippen LogP) is 0.471. The highest BCUT2D eigenvalue weighted by atomic mass is 15.4. The molecule has 0 atom stereocenters. The second kappa shape index (κ2) is 3.24. The summed E-state index contributed by atoms with van der Waals surface area (Å²) in [4.78, 5) is 7.34. The maximum absolute atomic E-state index is 4.10. The van der Waals surface area contributed by atoms with Crippen LogP contribution in [0.15, 0.2) is 0 Å². The van der Waals surface area contributed by atoms with Crippen LogP contribution in [0.25, 0.3) is 0 Å². The van der Waals surface area contributed by atoms with Gasteiger partial charge in [-0.3, -0.25) is 4.98 Å². The molecule has 1 N–H and O–H groups in total.